The van der Waals surface area contributed by atoms with Crippen LogP contribution < -0.4 is 5.73 Å². The van der Waals surface area contributed by atoms with E-state index in [1.807, 2.05) is 0 Å². The monoisotopic (exact) mass is 1320 g/mol. The molecule has 0 aromatic carbocycles. The highest BCUT2D eigenvalue weighted by atomic mass is 31.2. The van der Waals surface area contributed by atoms with Gasteiger partial charge in [-0.3, -0.25) is 18.6 Å². The highest BCUT2D eigenvalue weighted by Crippen LogP contribution is 2.43. The van der Waals surface area contributed by atoms with Gasteiger partial charge in [-0.2, -0.15) is 0 Å². The van der Waals surface area contributed by atoms with Crippen molar-refractivity contribution in [1.29, 1.82) is 0 Å². The molecule has 0 aliphatic heterocycles. The number of hydrogen-bond donors (Lipinski definition) is 2. The van der Waals surface area contributed by atoms with E-state index in [9.17, 15) is 19.0 Å². The average Bonchev–Trinajstić information content (AvgIpc) is 3.32. The summed E-state index contributed by atoms with van der Waals surface area (Å²) in [6.07, 6.45) is 107. The molecule has 0 aliphatic carbocycles. The molecular weight excluding hydrogens is 1170 g/mol. The molecule has 93 heavy (non-hydrogen) atoms. The van der Waals surface area contributed by atoms with Crippen LogP contribution in [0.15, 0.2) is 97.2 Å². The number of carbonyl (C=O) groups excluding carboxylic acids is 2. The third-order valence-corrected chi connectivity index (χ3v) is 18.4. The average molecular weight is 1320 g/mol. The maximum atomic E-state index is 12.8. The van der Waals surface area contributed by atoms with Gasteiger partial charge in [-0.15, -0.1) is 0 Å². The van der Waals surface area contributed by atoms with E-state index in [1.54, 1.807) is 0 Å². The van der Waals surface area contributed by atoms with Crippen LogP contribution in [0.4, 0.5) is 0 Å². The summed E-state index contributed by atoms with van der Waals surface area (Å²) < 4.78 is 33.3. The van der Waals surface area contributed by atoms with E-state index in [0.717, 1.165) is 89.9 Å². The number of unbranched alkanes of at least 4 members (excludes halogenated alkanes) is 46. The number of hydrogen-bond acceptors (Lipinski definition) is 8. The van der Waals surface area contributed by atoms with Crippen molar-refractivity contribution in [2.75, 3.05) is 26.4 Å². The van der Waals surface area contributed by atoms with Crippen molar-refractivity contribution in [2.45, 2.75) is 392 Å². The Balaban J connectivity index is 3.80. The smallest absolute Gasteiger partial charge is 0.462 e. The molecule has 0 amide bonds. The Hall–Kier alpha value is -3.07. The Kier molecular flexibility index (Phi) is 75.4. The fraction of sp³-hybridized carbons (Fsp3) is 0.783. The largest absolute Gasteiger partial charge is 0.472 e. The van der Waals surface area contributed by atoms with E-state index in [1.165, 1.54) is 263 Å². The van der Waals surface area contributed by atoms with E-state index >= 15 is 0 Å². The van der Waals surface area contributed by atoms with E-state index < -0.39 is 26.5 Å². The zero-order valence-corrected chi connectivity index (χ0v) is 61.9. The Bertz CT molecular complexity index is 1850. The molecule has 2 unspecified atom stereocenters. The van der Waals surface area contributed by atoms with Gasteiger partial charge in [-0.25, -0.2) is 4.57 Å². The minimum Gasteiger partial charge on any atom is -0.462 e. The second kappa shape index (κ2) is 77.9. The summed E-state index contributed by atoms with van der Waals surface area (Å²) in [4.78, 5) is 35.5. The van der Waals surface area contributed by atoms with Crippen molar-refractivity contribution in [3.8, 4) is 0 Å². The van der Waals surface area contributed by atoms with Crippen molar-refractivity contribution in [1.82, 2.24) is 0 Å². The van der Waals surface area contributed by atoms with Crippen LogP contribution in [-0.4, -0.2) is 49.3 Å². The second-order valence-electron chi connectivity index (χ2n) is 26.6. The number of phosphoric acid groups is 1. The number of rotatable bonds is 75. The van der Waals surface area contributed by atoms with Gasteiger partial charge in [0.1, 0.15) is 6.61 Å². The standard InChI is InChI=1S/C83H150NO8P/c1-3-5-7-9-11-13-15-17-19-21-23-25-27-29-31-33-35-37-38-39-40-41-42-44-45-47-49-51-53-55-57-59-61-63-65-67-69-71-73-75-82(85)89-79-81(80-91-93(87,88)90-78-77-84)92-83(86)76-74-72-70-68-66-64-62-60-58-56-54-52-50-48-46-43-36-34-32-30-28-26-24-22-20-18-16-14-12-10-8-6-4-2/h6,8,12,14,18,20-21,23-24,26,30,32,36,43,48,50,81H,3-5,7,9-11,13,15-17,19,22,25,27-29,31,33-35,37-42,44-47,49,51-80,84H2,1-2H3,(H,87,88)/b8-6-,14-12-,20-18-,23-21-,26-24-,32-30-,43-36-,50-48-. The van der Waals surface area contributed by atoms with Gasteiger partial charge in [0.2, 0.25) is 0 Å². The third-order valence-electron chi connectivity index (χ3n) is 17.5. The van der Waals surface area contributed by atoms with Crippen molar-refractivity contribution in [2.24, 2.45) is 5.73 Å². The first-order chi connectivity index (χ1) is 45.8. The highest BCUT2D eigenvalue weighted by Gasteiger charge is 2.26. The van der Waals surface area contributed by atoms with Gasteiger partial charge in [0.05, 0.1) is 13.2 Å². The van der Waals surface area contributed by atoms with E-state index in [4.69, 9.17) is 24.3 Å². The highest BCUT2D eigenvalue weighted by molar-refractivity contribution is 7.47. The molecule has 0 fully saturated rings. The van der Waals surface area contributed by atoms with Crippen LogP contribution in [0, 0.1) is 0 Å². The summed E-state index contributed by atoms with van der Waals surface area (Å²) in [5.41, 5.74) is 5.41. The summed E-state index contributed by atoms with van der Waals surface area (Å²) in [5, 5.41) is 0. The fourth-order valence-corrected chi connectivity index (χ4v) is 12.4. The molecule has 0 radical (unpaired) electrons. The van der Waals surface area contributed by atoms with E-state index in [2.05, 4.69) is 111 Å². The first-order valence-corrected chi connectivity index (χ1v) is 41.2. The molecule has 0 spiro atoms. The lowest BCUT2D eigenvalue weighted by Crippen LogP contribution is -2.29. The van der Waals surface area contributed by atoms with Crippen LogP contribution >= 0.6 is 7.82 Å². The van der Waals surface area contributed by atoms with Gasteiger partial charge in [0, 0.05) is 19.4 Å². The number of phosphoric ester groups is 1. The SMILES string of the molecule is CC/C=C\C/C=C\C/C=C\C/C=C\C/C=C\C/C=C\C/C=C\CCCCCCCCCCCCCC(=O)OC(COC(=O)CCCCCCCCCCCCCCCCCCCCCCCCCCCCC/C=C\CCCCCCCCCC)COP(=O)(O)OCCN. The quantitative estimate of drug-likeness (QED) is 0.0264. The Morgan fingerprint density at radius 1 is 0.333 bits per heavy atom. The normalized spacial score (nSPS) is 13.4. The van der Waals surface area contributed by atoms with Crippen molar-refractivity contribution in [3.05, 3.63) is 97.2 Å². The number of esters is 2. The maximum absolute atomic E-state index is 12.8. The van der Waals surface area contributed by atoms with Gasteiger partial charge in [0.15, 0.2) is 6.10 Å². The molecule has 0 aromatic rings. The molecule has 0 saturated heterocycles. The molecule has 0 aliphatic rings. The molecule has 540 valence electrons. The molecule has 0 bridgehead atoms. The zero-order chi connectivity index (χ0) is 67.2. The molecule has 9 nitrogen and oxygen atoms in total. The van der Waals surface area contributed by atoms with Gasteiger partial charge in [-0.05, 0) is 96.3 Å². The van der Waals surface area contributed by atoms with Crippen LogP contribution in [0.5, 0.6) is 0 Å². The second-order valence-corrected chi connectivity index (χ2v) is 28.0. The third kappa shape index (κ3) is 77.8. The molecule has 0 saturated carbocycles. The van der Waals surface area contributed by atoms with E-state index in [0.29, 0.717) is 6.42 Å². The first-order valence-electron chi connectivity index (χ1n) is 39.7. The summed E-state index contributed by atoms with van der Waals surface area (Å²) in [7, 11) is -4.40. The van der Waals surface area contributed by atoms with Gasteiger partial charge in [-0.1, -0.05) is 374 Å². The molecular formula is C83H150NO8P. The van der Waals surface area contributed by atoms with E-state index in [-0.39, 0.29) is 38.6 Å². The van der Waals surface area contributed by atoms with Crippen molar-refractivity contribution < 1.29 is 37.6 Å². The Morgan fingerprint density at radius 3 is 0.892 bits per heavy atom. The molecule has 10 heteroatoms. The molecule has 3 N–H and O–H groups in total. The fourth-order valence-electron chi connectivity index (χ4n) is 11.6. The first kappa shape index (κ1) is 89.9. The number of ether oxygens (including phenoxy) is 2. The lowest BCUT2D eigenvalue weighted by atomic mass is 10.0. The predicted molar refractivity (Wildman–Crippen MR) is 404 cm³/mol. The minimum atomic E-state index is -4.40. The van der Waals surface area contributed by atoms with Crippen molar-refractivity contribution in [3.63, 3.8) is 0 Å². The molecule has 0 heterocycles. The molecule has 2 atom stereocenters. The topological polar surface area (TPSA) is 134 Å². The predicted octanol–water partition coefficient (Wildman–Crippen LogP) is 26.6. The van der Waals surface area contributed by atoms with Crippen molar-refractivity contribution >= 4 is 19.8 Å². The summed E-state index contributed by atoms with van der Waals surface area (Å²) >= 11 is 0. The summed E-state index contributed by atoms with van der Waals surface area (Å²) in [6.45, 7) is 3.68. The van der Waals surface area contributed by atoms with Crippen LogP contribution in [0.2, 0.25) is 0 Å². The maximum Gasteiger partial charge on any atom is 0.472 e. The summed E-state index contributed by atoms with van der Waals surface area (Å²) in [5.74, 6) is -0.818. The van der Waals surface area contributed by atoms with Gasteiger partial charge in [0.25, 0.3) is 0 Å². The number of carbonyl (C=O) groups is 2. The molecule has 0 aromatic heterocycles. The minimum absolute atomic E-state index is 0.0510. The summed E-state index contributed by atoms with van der Waals surface area (Å²) in [6, 6.07) is 0. The Morgan fingerprint density at radius 2 is 0.591 bits per heavy atom. The van der Waals surface area contributed by atoms with Crippen LogP contribution in [0.1, 0.15) is 386 Å². The number of nitrogens with two attached hydrogens (primary N) is 1. The van der Waals surface area contributed by atoms with Crippen LogP contribution in [-0.2, 0) is 32.7 Å². The zero-order valence-electron chi connectivity index (χ0n) is 61.0. The van der Waals surface area contributed by atoms with Gasteiger partial charge < -0.3 is 20.1 Å². The number of allylic oxidation sites excluding steroid dienone is 16. The van der Waals surface area contributed by atoms with Crippen LogP contribution in [0.25, 0.3) is 0 Å². The lowest BCUT2D eigenvalue weighted by Gasteiger charge is -2.19. The Labute approximate surface area is 576 Å². The lowest BCUT2D eigenvalue weighted by molar-refractivity contribution is -0.161. The molecule has 0 rings (SSSR count). The van der Waals surface area contributed by atoms with Crippen LogP contribution in [0.3, 0.4) is 0 Å². The van der Waals surface area contributed by atoms with Gasteiger partial charge >= 0.3 is 19.8 Å².